The molecule has 0 heterocycles. The van der Waals surface area contributed by atoms with E-state index in [-0.39, 0.29) is 11.5 Å². The molecule has 1 rings (SSSR count). The summed E-state index contributed by atoms with van der Waals surface area (Å²) in [6.07, 6.45) is -5.61. The van der Waals surface area contributed by atoms with E-state index in [9.17, 15) is 23.1 Å². The highest BCUT2D eigenvalue weighted by atomic mass is 19.4. The molecular formula is C12H13F3O2. The fraction of sp³-hybridized carbons (Fsp3) is 0.417. The molecule has 1 aromatic carbocycles. The quantitative estimate of drug-likeness (QED) is 0.832. The molecule has 0 aliphatic heterocycles. The highest BCUT2D eigenvalue weighted by Gasteiger charge is 2.30. The Bertz CT molecular complexity index is 393. The van der Waals surface area contributed by atoms with Gasteiger partial charge in [-0.25, -0.2) is 0 Å². The summed E-state index contributed by atoms with van der Waals surface area (Å²) in [4.78, 5) is 11.6. The second-order valence-corrected chi connectivity index (χ2v) is 4.13. The first-order chi connectivity index (χ1) is 7.73. The number of aliphatic hydroxyl groups is 1. The van der Waals surface area contributed by atoms with Crippen LogP contribution in [0.1, 0.15) is 29.8 Å². The largest absolute Gasteiger partial charge is 0.416 e. The van der Waals surface area contributed by atoms with Crippen LogP contribution in [0.15, 0.2) is 24.3 Å². The van der Waals surface area contributed by atoms with E-state index in [0.717, 1.165) is 24.3 Å². The highest BCUT2D eigenvalue weighted by molar-refractivity contribution is 5.99. The molecule has 0 aliphatic rings. The highest BCUT2D eigenvalue weighted by Crippen LogP contribution is 2.29. The average molecular weight is 246 g/mol. The van der Waals surface area contributed by atoms with Gasteiger partial charge in [0.25, 0.3) is 0 Å². The summed E-state index contributed by atoms with van der Waals surface area (Å²) in [6, 6.07) is 3.83. The molecule has 0 aliphatic carbocycles. The van der Waals surface area contributed by atoms with Gasteiger partial charge in [-0.15, -0.1) is 0 Å². The number of ketones is 1. The van der Waals surface area contributed by atoms with Gasteiger partial charge in [-0.1, -0.05) is 26.0 Å². The van der Waals surface area contributed by atoms with Crippen molar-refractivity contribution in [1.29, 1.82) is 0 Å². The summed E-state index contributed by atoms with van der Waals surface area (Å²) in [7, 11) is 0. The minimum absolute atomic E-state index is 0.0826. The van der Waals surface area contributed by atoms with Gasteiger partial charge in [-0.2, -0.15) is 13.2 Å². The number of aliphatic hydroxyl groups excluding tert-OH is 1. The molecule has 94 valence electrons. The summed E-state index contributed by atoms with van der Waals surface area (Å²) in [5.74, 6) is -0.835. The maximum Gasteiger partial charge on any atom is 0.416 e. The lowest BCUT2D eigenvalue weighted by Gasteiger charge is -2.13. The van der Waals surface area contributed by atoms with Crippen LogP contribution in [0, 0.1) is 5.92 Å². The van der Waals surface area contributed by atoms with Crippen LogP contribution in [0.4, 0.5) is 13.2 Å². The predicted molar refractivity (Wildman–Crippen MR) is 56.6 cm³/mol. The van der Waals surface area contributed by atoms with Crippen molar-refractivity contribution in [3.05, 3.63) is 35.4 Å². The number of hydrogen-bond donors (Lipinski definition) is 1. The predicted octanol–water partition coefficient (Wildman–Crippen LogP) is 2.91. The zero-order chi connectivity index (χ0) is 13.2. The van der Waals surface area contributed by atoms with Gasteiger partial charge >= 0.3 is 6.18 Å². The molecule has 1 aromatic rings. The molecule has 0 fully saturated rings. The number of carbonyl (C=O) groups is 1. The first-order valence-electron chi connectivity index (χ1n) is 5.13. The van der Waals surface area contributed by atoms with Crippen molar-refractivity contribution >= 4 is 5.78 Å². The van der Waals surface area contributed by atoms with Crippen LogP contribution in [0.2, 0.25) is 0 Å². The Hall–Kier alpha value is -1.36. The average Bonchev–Trinajstić information content (AvgIpc) is 2.26. The van der Waals surface area contributed by atoms with Crippen LogP contribution in [0.5, 0.6) is 0 Å². The summed E-state index contributed by atoms with van der Waals surface area (Å²) < 4.78 is 36.8. The monoisotopic (exact) mass is 246 g/mol. The van der Waals surface area contributed by atoms with E-state index in [4.69, 9.17) is 0 Å². The number of hydrogen-bond acceptors (Lipinski definition) is 2. The van der Waals surface area contributed by atoms with Crippen molar-refractivity contribution in [2.45, 2.75) is 26.1 Å². The summed E-state index contributed by atoms with van der Waals surface area (Å²) >= 11 is 0. The molecule has 0 saturated carbocycles. The van der Waals surface area contributed by atoms with Crippen LogP contribution in [-0.4, -0.2) is 17.0 Å². The molecule has 2 nitrogen and oxygen atoms in total. The number of halogens is 3. The molecule has 1 atom stereocenters. The van der Waals surface area contributed by atoms with E-state index in [1.54, 1.807) is 13.8 Å². The Labute approximate surface area is 97.1 Å². The number of rotatable bonds is 3. The van der Waals surface area contributed by atoms with Crippen molar-refractivity contribution in [2.24, 2.45) is 5.92 Å². The molecule has 5 heteroatoms. The van der Waals surface area contributed by atoms with Crippen LogP contribution in [0.3, 0.4) is 0 Å². The third-order valence-electron chi connectivity index (χ3n) is 2.40. The first-order valence-corrected chi connectivity index (χ1v) is 5.13. The van der Waals surface area contributed by atoms with Gasteiger partial charge in [0, 0.05) is 5.56 Å². The Morgan fingerprint density at radius 2 is 1.65 bits per heavy atom. The molecule has 17 heavy (non-hydrogen) atoms. The molecule has 0 bridgehead atoms. The van der Waals surface area contributed by atoms with Crippen molar-refractivity contribution in [3.63, 3.8) is 0 Å². The maximum atomic E-state index is 12.3. The molecule has 0 saturated heterocycles. The zero-order valence-corrected chi connectivity index (χ0v) is 9.45. The first kappa shape index (κ1) is 13.7. The SMILES string of the molecule is CC(C)C(O)C(=O)c1ccc(C(F)(F)F)cc1. The van der Waals surface area contributed by atoms with E-state index in [0.29, 0.717) is 0 Å². The van der Waals surface area contributed by atoms with Gasteiger partial charge in [0.05, 0.1) is 5.56 Å². The van der Waals surface area contributed by atoms with Gasteiger partial charge in [-0.05, 0) is 18.1 Å². The number of Topliss-reactive ketones (excluding diaryl/α,β-unsaturated/α-hetero) is 1. The topological polar surface area (TPSA) is 37.3 Å². The molecule has 1 N–H and O–H groups in total. The second kappa shape index (κ2) is 4.87. The van der Waals surface area contributed by atoms with E-state index in [1.165, 1.54) is 0 Å². The molecule has 0 spiro atoms. The fourth-order valence-corrected chi connectivity index (χ4v) is 1.30. The lowest BCUT2D eigenvalue weighted by molar-refractivity contribution is -0.137. The Morgan fingerprint density at radius 1 is 1.18 bits per heavy atom. The van der Waals surface area contributed by atoms with Gasteiger partial charge in [0.15, 0.2) is 5.78 Å². The third-order valence-corrected chi connectivity index (χ3v) is 2.40. The van der Waals surface area contributed by atoms with E-state index < -0.39 is 23.6 Å². The van der Waals surface area contributed by atoms with Crippen molar-refractivity contribution in [1.82, 2.24) is 0 Å². The van der Waals surface area contributed by atoms with Crippen LogP contribution >= 0.6 is 0 Å². The lowest BCUT2D eigenvalue weighted by atomic mass is 9.97. The Morgan fingerprint density at radius 3 is 2.00 bits per heavy atom. The smallest absolute Gasteiger partial charge is 0.385 e. The standard InChI is InChI=1S/C12H13F3O2/c1-7(2)10(16)11(17)8-3-5-9(6-4-8)12(13,14)15/h3-7,10,16H,1-2H3. The van der Waals surface area contributed by atoms with Gasteiger partial charge in [0.1, 0.15) is 6.10 Å². The Kier molecular flexibility index (Phi) is 3.93. The van der Waals surface area contributed by atoms with Crippen molar-refractivity contribution in [3.8, 4) is 0 Å². The van der Waals surface area contributed by atoms with Gasteiger partial charge in [-0.3, -0.25) is 4.79 Å². The number of alkyl halides is 3. The van der Waals surface area contributed by atoms with Crippen molar-refractivity contribution in [2.75, 3.05) is 0 Å². The minimum Gasteiger partial charge on any atom is -0.385 e. The summed E-state index contributed by atoms with van der Waals surface area (Å²) in [5, 5.41) is 9.51. The molecule has 0 aromatic heterocycles. The van der Waals surface area contributed by atoms with E-state index >= 15 is 0 Å². The van der Waals surface area contributed by atoms with E-state index in [2.05, 4.69) is 0 Å². The summed E-state index contributed by atoms with van der Waals surface area (Å²) in [5.41, 5.74) is -0.729. The molecular weight excluding hydrogens is 233 g/mol. The third kappa shape index (κ3) is 3.30. The lowest BCUT2D eigenvalue weighted by Crippen LogP contribution is -2.26. The molecule has 1 unspecified atom stereocenters. The molecule has 0 radical (unpaired) electrons. The zero-order valence-electron chi connectivity index (χ0n) is 9.45. The normalized spacial score (nSPS) is 13.8. The van der Waals surface area contributed by atoms with Gasteiger partial charge in [0.2, 0.25) is 0 Å². The summed E-state index contributed by atoms with van der Waals surface area (Å²) in [6.45, 7) is 3.32. The maximum absolute atomic E-state index is 12.3. The van der Waals surface area contributed by atoms with Gasteiger partial charge < -0.3 is 5.11 Å². The van der Waals surface area contributed by atoms with Crippen LogP contribution < -0.4 is 0 Å². The molecule has 0 amide bonds. The minimum atomic E-state index is -4.42. The number of benzene rings is 1. The second-order valence-electron chi connectivity index (χ2n) is 4.13. The Balaban J connectivity index is 2.92. The van der Waals surface area contributed by atoms with Crippen LogP contribution in [0.25, 0.3) is 0 Å². The van der Waals surface area contributed by atoms with Crippen molar-refractivity contribution < 1.29 is 23.1 Å². The number of carbonyl (C=O) groups excluding carboxylic acids is 1. The fourth-order valence-electron chi connectivity index (χ4n) is 1.30. The van der Waals surface area contributed by atoms with E-state index in [1.807, 2.05) is 0 Å². The van der Waals surface area contributed by atoms with Crippen LogP contribution in [-0.2, 0) is 6.18 Å².